The van der Waals surface area contributed by atoms with Gasteiger partial charge in [-0.15, -0.1) is 0 Å². The van der Waals surface area contributed by atoms with Crippen molar-refractivity contribution in [3.8, 4) is 5.75 Å². The number of piperidine rings is 1. The predicted octanol–water partition coefficient (Wildman–Crippen LogP) is 0.474. The van der Waals surface area contributed by atoms with Gasteiger partial charge in [0.25, 0.3) is 5.56 Å². The minimum absolute atomic E-state index is 0.0273. The molecule has 2 aliphatic heterocycles. The molecule has 0 bridgehead atoms. The number of hydrogen-bond donors (Lipinski definition) is 2. The summed E-state index contributed by atoms with van der Waals surface area (Å²) in [7, 11) is 0. The number of aromatic nitrogens is 2. The van der Waals surface area contributed by atoms with E-state index in [-0.39, 0.29) is 23.0 Å². The molecule has 126 valence electrons. The summed E-state index contributed by atoms with van der Waals surface area (Å²) in [6.45, 7) is 2.44. The Hall–Kier alpha value is -2.61. The first-order valence-corrected chi connectivity index (χ1v) is 7.94. The Morgan fingerprint density at radius 3 is 3.08 bits per heavy atom. The number of ether oxygens (including phenoxy) is 1. The smallest absolute Gasteiger partial charge is 0.407 e. The van der Waals surface area contributed by atoms with Crippen LogP contribution in [0, 0.1) is 0 Å². The topological polar surface area (TPSA) is 96.2 Å². The monoisotopic (exact) mass is 330 g/mol. The number of alkyl carbamates (subject to hydrolysis) is 1. The number of likely N-dealkylation sites (tertiary alicyclic amines) is 1. The highest BCUT2D eigenvalue weighted by atomic mass is 16.6. The molecule has 4 heterocycles. The van der Waals surface area contributed by atoms with Crippen molar-refractivity contribution in [2.75, 3.05) is 19.6 Å². The van der Waals surface area contributed by atoms with Crippen LogP contribution in [-0.2, 0) is 11.3 Å². The van der Waals surface area contributed by atoms with Gasteiger partial charge in [0.15, 0.2) is 11.4 Å². The third-order valence-corrected chi connectivity index (χ3v) is 4.59. The van der Waals surface area contributed by atoms with Crippen LogP contribution in [-0.4, -0.2) is 50.7 Å². The van der Waals surface area contributed by atoms with Gasteiger partial charge in [0.1, 0.15) is 5.60 Å². The van der Waals surface area contributed by atoms with Gasteiger partial charge in [-0.3, -0.25) is 14.1 Å². The number of nitrogens with zero attached hydrogens (tertiary/aromatic N) is 3. The maximum atomic E-state index is 12.2. The van der Waals surface area contributed by atoms with E-state index in [1.165, 1.54) is 16.5 Å². The number of fused-ring (bicyclic) bond motifs is 1. The van der Waals surface area contributed by atoms with Gasteiger partial charge >= 0.3 is 6.09 Å². The second-order valence-electron chi connectivity index (χ2n) is 6.41. The Bertz CT molecular complexity index is 865. The normalized spacial score (nSPS) is 24.2. The molecule has 0 radical (unpaired) electrons. The Morgan fingerprint density at radius 1 is 1.42 bits per heavy atom. The summed E-state index contributed by atoms with van der Waals surface area (Å²) >= 11 is 0. The molecular formula is C16H18N4O4. The molecule has 2 aromatic rings. The van der Waals surface area contributed by atoms with Gasteiger partial charge in [0.05, 0.1) is 12.2 Å². The van der Waals surface area contributed by atoms with E-state index in [0.717, 1.165) is 19.4 Å². The number of amides is 1. The zero-order chi connectivity index (χ0) is 16.7. The molecule has 8 heteroatoms. The molecule has 2 aromatic heterocycles. The summed E-state index contributed by atoms with van der Waals surface area (Å²) < 4.78 is 6.77. The first kappa shape index (κ1) is 14.9. The first-order valence-electron chi connectivity index (χ1n) is 7.94. The lowest BCUT2D eigenvalue weighted by molar-refractivity contribution is -0.0114. The quantitative estimate of drug-likeness (QED) is 0.831. The van der Waals surface area contributed by atoms with E-state index in [1.807, 2.05) is 0 Å². The van der Waals surface area contributed by atoms with Crippen LogP contribution in [0.5, 0.6) is 5.75 Å². The van der Waals surface area contributed by atoms with Crippen LogP contribution in [0.3, 0.4) is 0 Å². The van der Waals surface area contributed by atoms with Gasteiger partial charge in [-0.25, -0.2) is 9.78 Å². The average molecular weight is 330 g/mol. The van der Waals surface area contributed by atoms with E-state index in [4.69, 9.17) is 4.74 Å². The Morgan fingerprint density at radius 2 is 2.29 bits per heavy atom. The van der Waals surface area contributed by atoms with E-state index >= 15 is 0 Å². The van der Waals surface area contributed by atoms with Crippen LogP contribution in [0.4, 0.5) is 4.79 Å². The molecule has 2 N–H and O–H groups in total. The van der Waals surface area contributed by atoms with E-state index in [0.29, 0.717) is 25.3 Å². The van der Waals surface area contributed by atoms with E-state index < -0.39 is 5.60 Å². The molecule has 4 rings (SSSR count). The van der Waals surface area contributed by atoms with Crippen LogP contribution >= 0.6 is 0 Å². The molecule has 24 heavy (non-hydrogen) atoms. The first-order chi connectivity index (χ1) is 11.5. The number of aromatic hydroxyl groups is 1. The maximum Gasteiger partial charge on any atom is 0.407 e. The largest absolute Gasteiger partial charge is 0.504 e. The summed E-state index contributed by atoms with van der Waals surface area (Å²) in [6, 6.07) is 4.58. The lowest BCUT2D eigenvalue weighted by atomic mass is 9.93. The van der Waals surface area contributed by atoms with Crippen LogP contribution in [0.2, 0.25) is 0 Å². The zero-order valence-electron chi connectivity index (χ0n) is 13.1. The van der Waals surface area contributed by atoms with Gasteiger partial charge in [0, 0.05) is 25.4 Å². The second kappa shape index (κ2) is 5.48. The number of carbonyl (C=O) groups is 1. The van der Waals surface area contributed by atoms with Crippen molar-refractivity contribution in [3.63, 3.8) is 0 Å². The van der Waals surface area contributed by atoms with Gasteiger partial charge in [0.2, 0.25) is 0 Å². The summed E-state index contributed by atoms with van der Waals surface area (Å²) in [5.74, 6) is -0.0273. The van der Waals surface area contributed by atoms with Gasteiger partial charge < -0.3 is 15.2 Å². The van der Waals surface area contributed by atoms with Gasteiger partial charge in [-0.05, 0) is 31.5 Å². The van der Waals surface area contributed by atoms with Crippen LogP contribution in [0.1, 0.15) is 18.5 Å². The SMILES string of the molecule is O=C1NCC2(CCCN(Cc3cc(=O)n4cccc(O)c4n3)C2)O1. The standard InChI is InChI=1S/C16H18N4O4/c21-12-3-1-6-20-13(22)7-11(18-14(12)20)8-19-5-2-4-16(10-19)9-17-15(23)24-16/h1,3,6-7,21H,2,4-5,8-10H2,(H,17,23). The Balaban J connectivity index is 1.59. The fraction of sp³-hybridized carbons (Fsp3) is 0.438. The molecule has 2 fully saturated rings. The highest BCUT2D eigenvalue weighted by Gasteiger charge is 2.43. The van der Waals surface area contributed by atoms with Crippen molar-refractivity contribution in [1.82, 2.24) is 19.6 Å². The molecule has 2 aliphatic rings. The van der Waals surface area contributed by atoms with Gasteiger partial charge in [-0.2, -0.15) is 0 Å². The molecule has 1 amide bonds. The molecule has 1 spiro atoms. The molecule has 2 saturated heterocycles. The maximum absolute atomic E-state index is 12.2. The predicted molar refractivity (Wildman–Crippen MR) is 84.9 cm³/mol. The lowest BCUT2D eigenvalue weighted by Gasteiger charge is -2.37. The second-order valence-corrected chi connectivity index (χ2v) is 6.41. The minimum Gasteiger partial charge on any atom is -0.504 e. The minimum atomic E-state index is -0.483. The number of pyridine rings is 1. The number of hydrogen-bond acceptors (Lipinski definition) is 6. The van der Waals surface area contributed by atoms with Crippen LogP contribution in [0.15, 0.2) is 29.2 Å². The number of carbonyl (C=O) groups excluding carboxylic acids is 1. The third-order valence-electron chi connectivity index (χ3n) is 4.59. The number of rotatable bonds is 2. The Kier molecular flexibility index (Phi) is 3.42. The molecule has 1 unspecified atom stereocenters. The summed E-state index contributed by atoms with van der Waals surface area (Å²) in [6.07, 6.45) is 2.95. The fourth-order valence-corrected chi connectivity index (χ4v) is 3.52. The van der Waals surface area contributed by atoms with Crippen molar-refractivity contribution < 1.29 is 14.6 Å². The molecular weight excluding hydrogens is 312 g/mol. The van der Waals surface area contributed by atoms with E-state index in [2.05, 4.69) is 15.2 Å². The van der Waals surface area contributed by atoms with Crippen molar-refractivity contribution in [2.24, 2.45) is 0 Å². The van der Waals surface area contributed by atoms with E-state index in [1.54, 1.807) is 12.3 Å². The van der Waals surface area contributed by atoms with Crippen molar-refractivity contribution in [1.29, 1.82) is 0 Å². The van der Waals surface area contributed by atoms with Crippen molar-refractivity contribution in [2.45, 2.75) is 25.0 Å². The Labute approximate surface area is 137 Å². The molecule has 0 saturated carbocycles. The highest BCUT2D eigenvalue weighted by molar-refractivity contribution is 5.70. The van der Waals surface area contributed by atoms with Crippen LogP contribution in [0.25, 0.3) is 5.65 Å². The highest BCUT2D eigenvalue weighted by Crippen LogP contribution is 2.28. The summed E-state index contributed by atoms with van der Waals surface area (Å²) in [5.41, 5.74) is 0.131. The molecule has 1 atom stereocenters. The lowest BCUT2D eigenvalue weighted by Crippen LogP contribution is -2.50. The summed E-state index contributed by atoms with van der Waals surface area (Å²) in [4.78, 5) is 30.1. The summed E-state index contributed by atoms with van der Waals surface area (Å²) in [5, 5.41) is 12.6. The molecule has 8 nitrogen and oxygen atoms in total. The van der Waals surface area contributed by atoms with Crippen molar-refractivity contribution in [3.05, 3.63) is 40.4 Å². The zero-order valence-corrected chi connectivity index (χ0v) is 13.1. The molecule has 0 aromatic carbocycles. The average Bonchev–Trinajstić information content (AvgIpc) is 2.89. The third kappa shape index (κ3) is 2.58. The number of nitrogens with one attached hydrogen (secondary N) is 1. The van der Waals surface area contributed by atoms with Crippen molar-refractivity contribution >= 4 is 11.7 Å². The van der Waals surface area contributed by atoms with Gasteiger partial charge in [-0.1, -0.05) is 0 Å². The van der Waals surface area contributed by atoms with Crippen LogP contribution < -0.4 is 10.9 Å². The molecule has 0 aliphatic carbocycles. The van der Waals surface area contributed by atoms with E-state index in [9.17, 15) is 14.7 Å². The fourth-order valence-electron chi connectivity index (χ4n) is 3.52.